The van der Waals surface area contributed by atoms with Crippen molar-refractivity contribution < 1.29 is 23.8 Å². The van der Waals surface area contributed by atoms with Crippen molar-refractivity contribution in [1.29, 1.82) is 0 Å². The van der Waals surface area contributed by atoms with Crippen LogP contribution >= 0.6 is 11.6 Å². The van der Waals surface area contributed by atoms with Crippen molar-refractivity contribution in [3.8, 4) is 0 Å². The monoisotopic (exact) mass is 374 g/mol. The molecule has 25 heavy (non-hydrogen) atoms. The third-order valence-electron chi connectivity index (χ3n) is 3.33. The van der Waals surface area contributed by atoms with Crippen LogP contribution < -0.4 is 10.9 Å². The second kappa shape index (κ2) is 9.01. The molecular formula is C17H24ClFN2O4. The smallest absolute Gasteiger partial charge is 0.426 e. The molecule has 0 aliphatic carbocycles. The summed E-state index contributed by atoms with van der Waals surface area (Å²) in [5, 5.41) is 9.37. The molecule has 3 unspecified atom stereocenters. The van der Waals surface area contributed by atoms with E-state index in [2.05, 4.69) is 10.9 Å². The maximum atomic E-state index is 13.1. The lowest BCUT2D eigenvalue weighted by Crippen LogP contribution is -2.47. The van der Waals surface area contributed by atoms with Crippen molar-refractivity contribution in [1.82, 2.24) is 10.9 Å². The first-order chi connectivity index (χ1) is 11.5. The zero-order valence-electron chi connectivity index (χ0n) is 14.7. The first kappa shape index (κ1) is 21.2. The average molecular weight is 375 g/mol. The standard InChI is InChI=1S/C17H24ClFN2O4/c1-10(9-13(18)22)14(11-5-7-12(19)8-6-11)15(23)20-21-16(24)25-17(2,3)4/h5-8,10,13-14,22H,9H2,1-4H3,(H,20,23)(H,21,24). The van der Waals surface area contributed by atoms with Crippen molar-refractivity contribution in [2.24, 2.45) is 5.92 Å². The molecule has 140 valence electrons. The summed E-state index contributed by atoms with van der Waals surface area (Å²) in [4.78, 5) is 24.2. The molecule has 0 saturated heterocycles. The maximum absolute atomic E-state index is 13.1. The molecule has 0 spiro atoms. The van der Waals surface area contributed by atoms with Crippen molar-refractivity contribution in [2.75, 3.05) is 0 Å². The number of aliphatic hydroxyl groups is 1. The van der Waals surface area contributed by atoms with E-state index in [1.165, 1.54) is 24.3 Å². The van der Waals surface area contributed by atoms with E-state index in [-0.39, 0.29) is 12.3 Å². The Kier molecular flexibility index (Phi) is 7.63. The Morgan fingerprint density at radius 3 is 2.28 bits per heavy atom. The number of amides is 2. The Morgan fingerprint density at radius 1 is 1.24 bits per heavy atom. The number of alkyl halides is 1. The number of halogens is 2. The van der Waals surface area contributed by atoms with Crippen LogP contribution in [0.2, 0.25) is 0 Å². The third-order valence-corrected chi connectivity index (χ3v) is 3.51. The highest BCUT2D eigenvalue weighted by molar-refractivity contribution is 6.19. The molecule has 0 fully saturated rings. The molecule has 6 nitrogen and oxygen atoms in total. The minimum atomic E-state index is -1.12. The average Bonchev–Trinajstić information content (AvgIpc) is 2.45. The normalized spacial score (nSPS) is 15.0. The number of hydrogen-bond acceptors (Lipinski definition) is 4. The summed E-state index contributed by atoms with van der Waals surface area (Å²) < 4.78 is 18.2. The van der Waals surface area contributed by atoms with E-state index in [9.17, 15) is 19.1 Å². The fraction of sp³-hybridized carbons (Fsp3) is 0.529. The Bertz CT molecular complexity index is 587. The predicted molar refractivity (Wildman–Crippen MR) is 92.3 cm³/mol. The molecule has 8 heteroatoms. The summed E-state index contributed by atoms with van der Waals surface area (Å²) in [5.74, 6) is -2.07. The number of hydrazine groups is 1. The Hall–Kier alpha value is -1.86. The molecule has 3 atom stereocenters. The molecule has 0 aliphatic rings. The number of hydrogen-bond donors (Lipinski definition) is 3. The molecule has 2 amide bonds. The van der Waals surface area contributed by atoms with Gasteiger partial charge in [-0.1, -0.05) is 30.7 Å². The third kappa shape index (κ3) is 7.70. The minimum absolute atomic E-state index is 0.142. The van der Waals surface area contributed by atoms with Crippen molar-refractivity contribution in [2.45, 2.75) is 51.2 Å². The van der Waals surface area contributed by atoms with Gasteiger partial charge >= 0.3 is 6.09 Å². The molecular weight excluding hydrogens is 351 g/mol. The topological polar surface area (TPSA) is 87.7 Å². The number of aliphatic hydroxyl groups excluding tert-OH is 1. The fourth-order valence-corrected chi connectivity index (χ4v) is 2.63. The zero-order valence-corrected chi connectivity index (χ0v) is 15.4. The lowest BCUT2D eigenvalue weighted by Gasteiger charge is -2.25. The van der Waals surface area contributed by atoms with Crippen molar-refractivity contribution >= 4 is 23.6 Å². The highest BCUT2D eigenvalue weighted by Crippen LogP contribution is 2.29. The Labute approximate surface area is 151 Å². The molecule has 0 aromatic heterocycles. The van der Waals surface area contributed by atoms with Gasteiger partial charge in [0.25, 0.3) is 0 Å². The number of carbonyl (C=O) groups excluding carboxylic acids is 2. The van der Waals surface area contributed by atoms with Crippen LogP contribution in [0.3, 0.4) is 0 Å². The van der Waals surface area contributed by atoms with Gasteiger partial charge in [0, 0.05) is 0 Å². The Balaban J connectivity index is 2.86. The summed E-state index contributed by atoms with van der Waals surface area (Å²) in [6, 6.07) is 5.43. The summed E-state index contributed by atoms with van der Waals surface area (Å²) in [6.45, 7) is 6.81. The van der Waals surface area contributed by atoms with Crippen LogP contribution in [0, 0.1) is 11.7 Å². The van der Waals surface area contributed by atoms with Crippen LogP contribution in [0.4, 0.5) is 9.18 Å². The Morgan fingerprint density at radius 2 is 1.80 bits per heavy atom. The second-order valence-corrected chi connectivity index (χ2v) is 7.30. The van der Waals surface area contributed by atoms with Gasteiger partial charge in [-0.2, -0.15) is 0 Å². The number of ether oxygens (including phenoxy) is 1. The second-order valence-electron chi connectivity index (χ2n) is 6.79. The lowest BCUT2D eigenvalue weighted by atomic mass is 9.84. The molecule has 0 bridgehead atoms. The van der Waals surface area contributed by atoms with Crippen LogP contribution in [-0.2, 0) is 9.53 Å². The van der Waals surface area contributed by atoms with Gasteiger partial charge in [-0.15, -0.1) is 0 Å². The van der Waals surface area contributed by atoms with Gasteiger partial charge in [0.15, 0.2) is 0 Å². The largest absolute Gasteiger partial charge is 0.443 e. The van der Waals surface area contributed by atoms with Crippen molar-refractivity contribution in [3.63, 3.8) is 0 Å². The molecule has 0 saturated carbocycles. The molecule has 1 aromatic carbocycles. The number of carbonyl (C=O) groups is 2. The van der Waals surface area contributed by atoms with Gasteiger partial charge in [0.1, 0.15) is 17.0 Å². The van der Waals surface area contributed by atoms with Gasteiger partial charge in [-0.3, -0.25) is 10.2 Å². The first-order valence-electron chi connectivity index (χ1n) is 7.86. The van der Waals surface area contributed by atoms with Crippen LogP contribution in [0.1, 0.15) is 45.6 Å². The zero-order chi connectivity index (χ0) is 19.2. The van der Waals surface area contributed by atoms with Crippen LogP contribution in [-0.4, -0.2) is 28.3 Å². The van der Waals surface area contributed by atoms with Crippen LogP contribution in [0.25, 0.3) is 0 Å². The SMILES string of the molecule is CC(CC(O)Cl)C(C(=O)NNC(=O)OC(C)(C)C)c1ccc(F)cc1. The van der Waals surface area contributed by atoms with E-state index in [4.69, 9.17) is 16.3 Å². The van der Waals surface area contributed by atoms with E-state index in [0.29, 0.717) is 5.56 Å². The fourth-order valence-electron chi connectivity index (χ4n) is 2.35. The molecule has 3 N–H and O–H groups in total. The number of benzene rings is 1. The highest BCUT2D eigenvalue weighted by atomic mass is 35.5. The predicted octanol–water partition coefficient (Wildman–Crippen LogP) is 3.05. The summed E-state index contributed by atoms with van der Waals surface area (Å²) in [7, 11) is 0. The van der Waals surface area contributed by atoms with Gasteiger partial charge in [0.2, 0.25) is 5.91 Å². The van der Waals surface area contributed by atoms with E-state index in [1.807, 2.05) is 0 Å². The summed E-state index contributed by atoms with van der Waals surface area (Å²) >= 11 is 5.61. The number of rotatable bonds is 5. The van der Waals surface area contributed by atoms with E-state index >= 15 is 0 Å². The van der Waals surface area contributed by atoms with Crippen molar-refractivity contribution in [3.05, 3.63) is 35.6 Å². The minimum Gasteiger partial charge on any atom is -0.443 e. The van der Waals surface area contributed by atoms with Gasteiger partial charge in [-0.25, -0.2) is 14.6 Å². The molecule has 0 heterocycles. The summed E-state index contributed by atoms with van der Waals surface area (Å²) in [6.07, 6.45) is -0.660. The molecule has 0 aliphatic heterocycles. The van der Waals surface area contributed by atoms with Gasteiger partial charge in [0.05, 0.1) is 5.92 Å². The molecule has 1 aromatic rings. The van der Waals surface area contributed by atoms with E-state index in [1.54, 1.807) is 27.7 Å². The summed E-state index contributed by atoms with van der Waals surface area (Å²) in [5.41, 5.74) is 3.18. The van der Waals surface area contributed by atoms with Gasteiger partial charge < -0.3 is 9.84 Å². The van der Waals surface area contributed by atoms with E-state index < -0.39 is 34.9 Å². The first-order valence-corrected chi connectivity index (χ1v) is 8.29. The molecule has 0 radical (unpaired) electrons. The van der Waals surface area contributed by atoms with E-state index in [0.717, 1.165) is 0 Å². The van der Waals surface area contributed by atoms with Crippen LogP contribution in [0.5, 0.6) is 0 Å². The highest BCUT2D eigenvalue weighted by Gasteiger charge is 2.29. The quantitative estimate of drug-likeness (QED) is 0.546. The van der Waals surface area contributed by atoms with Crippen LogP contribution in [0.15, 0.2) is 24.3 Å². The van der Waals surface area contributed by atoms with Gasteiger partial charge in [-0.05, 0) is 50.8 Å². The molecule has 1 rings (SSSR count). The number of nitrogens with one attached hydrogen (secondary N) is 2. The lowest BCUT2D eigenvalue weighted by molar-refractivity contribution is -0.124. The maximum Gasteiger partial charge on any atom is 0.426 e.